The predicted molar refractivity (Wildman–Crippen MR) is 91.2 cm³/mol. The first kappa shape index (κ1) is 14.5. The van der Waals surface area contributed by atoms with Crippen molar-refractivity contribution in [3.8, 4) is 5.75 Å². The number of nitrogens with one attached hydrogen (secondary N) is 1. The molecule has 2 aromatic carbocycles. The van der Waals surface area contributed by atoms with Gasteiger partial charge in [-0.15, -0.1) is 0 Å². The Morgan fingerprint density at radius 3 is 2.90 bits per heavy atom. The number of benzene rings is 2. The highest BCUT2D eigenvalue weighted by Gasteiger charge is 2.19. The molecule has 21 heavy (non-hydrogen) atoms. The van der Waals surface area contributed by atoms with Crippen LogP contribution in [0.4, 0.5) is 5.69 Å². The van der Waals surface area contributed by atoms with E-state index in [4.69, 9.17) is 4.74 Å². The molecule has 0 fully saturated rings. The van der Waals surface area contributed by atoms with Crippen LogP contribution >= 0.6 is 15.9 Å². The van der Waals surface area contributed by atoms with Crippen molar-refractivity contribution in [2.75, 3.05) is 11.9 Å². The van der Waals surface area contributed by atoms with Gasteiger partial charge in [-0.3, -0.25) is 0 Å². The predicted octanol–water partition coefficient (Wildman–Crippen LogP) is 4.82. The van der Waals surface area contributed by atoms with Crippen molar-refractivity contribution in [3.63, 3.8) is 0 Å². The summed E-state index contributed by atoms with van der Waals surface area (Å²) >= 11 is 3.55. The molecule has 1 N–H and O–H groups in total. The van der Waals surface area contributed by atoms with Gasteiger partial charge in [0.1, 0.15) is 5.75 Å². The third-order valence-electron chi connectivity index (χ3n) is 3.94. The van der Waals surface area contributed by atoms with Crippen molar-refractivity contribution < 1.29 is 4.74 Å². The van der Waals surface area contributed by atoms with Crippen LogP contribution in [0.5, 0.6) is 5.75 Å². The number of halogens is 1. The van der Waals surface area contributed by atoms with E-state index in [0.29, 0.717) is 12.6 Å². The number of rotatable bonds is 4. The number of ether oxygens (including phenoxy) is 1. The van der Waals surface area contributed by atoms with E-state index in [1.807, 2.05) is 19.1 Å². The second-order valence-corrected chi connectivity index (χ2v) is 6.34. The summed E-state index contributed by atoms with van der Waals surface area (Å²) in [5, 5.41) is 3.65. The van der Waals surface area contributed by atoms with E-state index in [-0.39, 0.29) is 0 Å². The molecule has 0 saturated heterocycles. The van der Waals surface area contributed by atoms with Crippen molar-refractivity contribution >= 4 is 21.6 Å². The maximum atomic E-state index is 5.70. The molecule has 3 heteroatoms. The second-order valence-electron chi connectivity index (χ2n) is 5.43. The van der Waals surface area contributed by atoms with Crippen molar-refractivity contribution in [1.82, 2.24) is 0 Å². The van der Waals surface area contributed by atoms with E-state index in [9.17, 15) is 0 Å². The smallest absolute Gasteiger partial charge is 0.142 e. The largest absolute Gasteiger partial charge is 0.492 e. The normalized spacial score (nSPS) is 17.1. The van der Waals surface area contributed by atoms with E-state index in [2.05, 4.69) is 51.6 Å². The summed E-state index contributed by atoms with van der Waals surface area (Å²) in [5.41, 5.74) is 4.03. The van der Waals surface area contributed by atoms with Gasteiger partial charge in [0.2, 0.25) is 0 Å². The van der Waals surface area contributed by atoms with Crippen LogP contribution in [0.25, 0.3) is 0 Å². The van der Waals surface area contributed by atoms with Gasteiger partial charge in [0.25, 0.3) is 0 Å². The maximum absolute atomic E-state index is 5.70. The van der Waals surface area contributed by atoms with Gasteiger partial charge in [-0.25, -0.2) is 0 Å². The van der Waals surface area contributed by atoms with Crippen LogP contribution in [0.3, 0.4) is 0 Å². The summed E-state index contributed by atoms with van der Waals surface area (Å²) in [6.07, 6.45) is 3.36. The fourth-order valence-electron chi connectivity index (χ4n) is 2.93. The molecule has 2 aromatic rings. The highest BCUT2D eigenvalue weighted by molar-refractivity contribution is 9.10. The third-order valence-corrected chi connectivity index (χ3v) is 4.44. The van der Waals surface area contributed by atoms with Gasteiger partial charge in [-0.1, -0.05) is 34.1 Å². The van der Waals surface area contributed by atoms with Gasteiger partial charge in [0.05, 0.1) is 12.3 Å². The average Bonchev–Trinajstić information content (AvgIpc) is 2.50. The Kier molecular flexibility index (Phi) is 4.49. The highest BCUT2D eigenvalue weighted by Crippen LogP contribution is 2.29. The van der Waals surface area contributed by atoms with Gasteiger partial charge < -0.3 is 10.1 Å². The molecule has 0 radical (unpaired) electrons. The molecule has 0 heterocycles. The van der Waals surface area contributed by atoms with Crippen LogP contribution in [-0.2, 0) is 12.8 Å². The second kappa shape index (κ2) is 6.52. The summed E-state index contributed by atoms with van der Waals surface area (Å²) in [6.45, 7) is 2.71. The first-order chi connectivity index (χ1) is 10.3. The van der Waals surface area contributed by atoms with E-state index in [1.54, 1.807) is 0 Å². The minimum atomic E-state index is 0.472. The summed E-state index contributed by atoms with van der Waals surface area (Å²) in [6, 6.07) is 15.3. The molecule has 0 saturated carbocycles. The average molecular weight is 346 g/mol. The fourth-order valence-corrected chi connectivity index (χ4v) is 3.34. The molecular formula is C18H20BrNO. The fraction of sp³-hybridized carbons (Fsp3) is 0.333. The van der Waals surface area contributed by atoms with Gasteiger partial charge >= 0.3 is 0 Å². The van der Waals surface area contributed by atoms with E-state index >= 15 is 0 Å². The minimum Gasteiger partial charge on any atom is -0.492 e. The summed E-state index contributed by atoms with van der Waals surface area (Å²) in [5.74, 6) is 0.946. The zero-order valence-corrected chi connectivity index (χ0v) is 13.8. The molecule has 110 valence electrons. The molecule has 1 atom stereocenters. The lowest BCUT2D eigenvalue weighted by atomic mass is 9.88. The van der Waals surface area contributed by atoms with Gasteiger partial charge in [0.15, 0.2) is 0 Å². The van der Waals surface area contributed by atoms with Gasteiger partial charge in [0, 0.05) is 10.5 Å². The van der Waals surface area contributed by atoms with Crippen LogP contribution in [0, 0.1) is 0 Å². The van der Waals surface area contributed by atoms with E-state index < -0.39 is 0 Å². The lowest BCUT2D eigenvalue weighted by Crippen LogP contribution is -2.27. The SMILES string of the molecule is CCOc1ccccc1NC1CCc2cc(Br)ccc2C1. The summed E-state index contributed by atoms with van der Waals surface area (Å²) in [7, 11) is 0. The molecule has 0 bridgehead atoms. The molecular weight excluding hydrogens is 326 g/mol. The first-order valence-electron chi connectivity index (χ1n) is 7.52. The molecule has 1 unspecified atom stereocenters. The zero-order valence-electron chi connectivity index (χ0n) is 12.2. The molecule has 3 rings (SSSR count). The quantitative estimate of drug-likeness (QED) is 0.857. The minimum absolute atomic E-state index is 0.472. The monoisotopic (exact) mass is 345 g/mol. The van der Waals surface area contributed by atoms with E-state index in [1.165, 1.54) is 15.6 Å². The summed E-state index contributed by atoms with van der Waals surface area (Å²) in [4.78, 5) is 0. The van der Waals surface area contributed by atoms with Crippen LogP contribution in [0.2, 0.25) is 0 Å². The molecule has 0 spiro atoms. The van der Waals surface area contributed by atoms with Crippen molar-refractivity contribution in [2.24, 2.45) is 0 Å². The molecule has 0 aromatic heterocycles. The Morgan fingerprint density at radius 2 is 2.05 bits per heavy atom. The van der Waals surface area contributed by atoms with Crippen molar-refractivity contribution in [2.45, 2.75) is 32.2 Å². The van der Waals surface area contributed by atoms with Crippen molar-refractivity contribution in [3.05, 3.63) is 58.1 Å². The van der Waals surface area contributed by atoms with Crippen molar-refractivity contribution in [1.29, 1.82) is 0 Å². The molecule has 0 amide bonds. The Morgan fingerprint density at radius 1 is 1.19 bits per heavy atom. The van der Waals surface area contributed by atoms with Crippen LogP contribution < -0.4 is 10.1 Å². The number of para-hydroxylation sites is 2. The Hall–Kier alpha value is -1.48. The lowest BCUT2D eigenvalue weighted by Gasteiger charge is -2.27. The molecule has 1 aliphatic rings. The Balaban J connectivity index is 1.74. The first-order valence-corrected chi connectivity index (χ1v) is 8.31. The van der Waals surface area contributed by atoms with Crippen LogP contribution in [-0.4, -0.2) is 12.6 Å². The molecule has 1 aliphatic carbocycles. The number of hydrogen-bond donors (Lipinski definition) is 1. The topological polar surface area (TPSA) is 21.3 Å². The van der Waals surface area contributed by atoms with E-state index in [0.717, 1.165) is 30.7 Å². The Labute approximate surface area is 134 Å². The lowest BCUT2D eigenvalue weighted by molar-refractivity contribution is 0.341. The number of fused-ring (bicyclic) bond motifs is 1. The number of hydrogen-bond acceptors (Lipinski definition) is 2. The third kappa shape index (κ3) is 3.41. The van der Waals surface area contributed by atoms with Crippen LogP contribution in [0.1, 0.15) is 24.5 Å². The van der Waals surface area contributed by atoms with Crippen LogP contribution in [0.15, 0.2) is 46.9 Å². The molecule has 2 nitrogen and oxygen atoms in total. The number of anilines is 1. The standard InChI is InChI=1S/C18H20BrNO/c1-2-21-18-6-4-3-5-17(18)20-16-10-8-13-11-15(19)9-7-14(13)12-16/h3-7,9,11,16,20H,2,8,10,12H2,1H3. The Bertz CT molecular complexity index is 626. The van der Waals surface area contributed by atoms with Gasteiger partial charge in [-0.2, -0.15) is 0 Å². The maximum Gasteiger partial charge on any atom is 0.142 e. The number of aryl methyl sites for hydroxylation is 1. The zero-order chi connectivity index (χ0) is 14.7. The highest BCUT2D eigenvalue weighted by atomic mass is 79.9. The summed E-state index contributed by atoms with van der Waals surface area (Å²) < 4.78 is 6.87. The van der Waals surface area contributed by atoms with Gasteiger partial charge in [-0.05, 0) is 61.6 Å². The molecule has 0 aliphatic heterocycles.